The molecule has 10 heteroatoms. The van der Waals surface area contributed by atoms with Crippen LogP contribution in [0.2, 0.25) is 0 Å². The fraction of sp³-hybridized carbons (Fsp3) is 1.00. The number of hydrogen-bond donors (Lipinski definition) is 3. The van der Waals surface area contributed by atoms with Gasteiger partial charge in [0.15, 0.2) is 0 Å². The monoisotopic (exact) mass is 516 g/mol. The number of unbranched alkanes of at least 4 members (excludes halogenated alkanes) is 2. The molecule has 0 bridgehead atoms. The molecular formula is C23H50O8P2. The third-order valence-corrected chi connectivity index (χ3v) is 10.7. The Bertz CT molecular complexity index is 561. The lowest BCUT2D eigenvalue weighted by molar-refractivity contribution is -0.136. The second-order valence-corrected chi connectivity index (χ2v) is 14.6. The van der Waals surface area contributed by atoms with Gasteiger partial charge in [-0.25, -0.2) is 0 Å². The minimum absolute atomic E-state index is 0.0599. The van der Waals surface area contributed by atoms with Crippen molar-refractivity contribution < 1.29 is 38.7 Å². The Hall–Kier alpha value is 0.220. The van der Waals surface area contributed by atoms with Gasteiger partial charge in [0.1, 0.15) is 25.4 Å². The van der Waals surface area contributed by atoms with Gasteiger partial charge in [-0.05, 0) is 45.7 Å². The molecule has 0 saturated heterocycles. The van der Waals surface area contributed by atoms with Crippen LogP contribution < -0.4 is 0 Å². The van der Waals surface area contributed by atoms with Crippen molar-refractivity contribution in [3.63, 3.8) is 0 Å². The van der Waals surface area contributed by atoms with E-state index in [2.05, 4.69) is 0 Å². The van der Waals surface area contributed by atoms with Crippen LogP contribution >= 0.6 is 15.6 Å². The van der Waals surface area contributed by atoms with E-state index in [1.54, 1.807) is 13.8 Å². The maximum atomic E-state index is 13.2. The third kappa shape index (κ3) is 12.1. The summed E-state index contributed by atoms with van der Waals surface area (Å²) in [4.78, 5) is 0. The van der Waals surface area contributed by atoms with Crippen molar-refractivity contribution in [2.75, 3.05) is 45.4 Å². The number of ether oxygens (including phenoxy) is 3. The number of aliphatic hydroxyl groups is 3. The molecular weight excluding hydrogens is 466 g/mol. The second kappa shape index (κ2) is 17.6. The zero-order chi connectivity index (χ0) is 25.5. The average Bonchev–Trinajstić information content (AvgIpc) is 2.80. The second-order valence-electron chi connectivity index (χ2n) is 9.59. The molecule has 0 aromatic heterocycles. The molecule has 6 atom stereocenters. The molecule has 0 aromatic rings. The molecule has 0 aliphatic carbocycles. The molecule has 33 heavy (non-hydrogen) atoms. The normalized spacial score (nSPS) is 18.9. The fourth-order valence-corrected chi connectivity index (χ4v) is 6.67. The number of aliphatic hydroxyl groups excluding tert-OH is 3. The predicted molar refractivity (Wildman–Crippen MR) is 136 cm³/mol. The van der Waals surface area contributed by atoms with Gasteiger partial charge in [-0.1, -0.05) is 34.1 Å². The molecule has 0 heterocycles. The zero-order valence-corrected chi connectivity index (χ0v) is 23.6. The first-order chi connectivity index (χ1) is 15.5. The highest BCUT2D eigenvalue weighted by atomic mass is 31.1. The van der Waals surface area contributed by atoms with Crippen LogP contribution in [-0.4, -0.2) is 89.5 Å². The number of rotatable bonds is 21. The molecule has 0 aromatic carbocycles. The van der Waals surface area contributed by atoms with Crippen molar-refractivity contribution in [3.05, 3.63) is 0 Å². The highest BCUT2D eigenvalue weighted by Crippen LogP contribution is 2.45. The topological polar surface area (TPSA) is 123 Å². The first kappa shape index (κ1) is 33.2. The van der Waals surface area contributed by atoms with Crippen molar-refractivity contribution >= 4 is 15.6 Å². The van der Waals surface area contributed by atoms with E-state index in [4.69, 9.17) is 19.3 Å². The largest absolute Gasteiger partial charge is 0.394 e. The predicted octanol–water partition coefficient (Wildman–Crippen LogP) is 3.74. The van der Waals surface area contributed by atoms with Gasteiger partial charge in [-0.3, -0.25) is 0 Å². The van der Waals surface area contributed by atoms with Gasteiger partial charge in [0.05, 0.1) is 33.7 Å². The summed E-state index contributed by atoms with van der Waals surface area (Å²) in [5, 5.41) is 27.9. The molecule has 0 saturated carbocycles. The van der Waals surface area contributed by atoms with Gasteiger partial charge in [-0.15, -0.1) is 0 Å². The first-order valence-electron chi connectivity index (χ1n) is 12.3. The Labute approximate surface area is 202 Å². The summed E-state index contributed by atoms with van der Waals surface area (Å²) in [6.07, 6.45) is 2.41. The summed E-state index contributed by atoms with van der Waals surface area (Å²) < 4.78 is 42.9. The highest BCUT2D eigenvalue weighted by molar-refractivity contribution is 7.46. The Morgan fingerprint density at radius 3 is 1.94 bits per heavy atom. The Morgan fingerprint density at radius 1 is 0.848 bits per heavy atom. The average molecular weight is 517 g/mol. The summed E-state index contributed by atoms with van der Waals surface area (Å²) in [6, 6.07) is 0. The van der Waals surface area contributed by atoms with Crippen LogP contribution in [0, 0.1) is 0 Å². The van der Waals surface area contributed by atoms with Crippen LogP contribution in [0.25, 0.3) is 0 Å². The molecule has 0 fully saturated rings. The van der Waals surface area contributed by atoms with Gasteiger partial charge in [0.25, 0.3) is 0 Å². The van der Waals surface area contributed by atoms with E-state index in [0.717, 1.165) is 25.7 Å². The maximum absolute atomic E-state index is 13.2. The molecule has 0 radical (unpaired) electrons. The van der Waals surface area contributed by atoms with Crippen molar-refractivity contribution in [2.45, 2.75) is 102 Å². The first-order valence-corrected chi connectivity index (χ1v) is 15.6. The quantitative estimate of drug-likeness (QED) is 0.156. The minimum atomic E-state index is -2.35. The summed E-state index contributed by atoms with van der Waals surface area (Å²) in [6.45, 7) is 11.8. The molecule has 0 rings (SSSR count). The van der Waals surface area contributed by atoms with E-state index < -0.39 is 38.3 Å². The summed E-state index contributed by atoms with van der Waals surface area (Å²) in [5.74, 6) is 0. The third-order valence-electron chi connectivity index (χ3n) is 5.84. The fourth-order valence-electron chi connectivity index (χ4n) is 3.33. The molecule has 0 amide bonds. The van der Waals surface area contributed by atoms with Crippen LogP contribution in [0.4, 0.5) is 0 Å². The van der Waals surface area contributed by atoms with E-state index >= 15 is 0 Å². The maximum Gasteiger partial charge on any atom is 0.144 e. The van der Waals surface area contributed by atoms with Gasteiger partial charge in [-0.2, -0.15) is 0 Å². The Morgan fingerprint density at radius 2 is 1.42 bits per heavy atom. The SMILES string of the molecule is CCCOC(CO)C(O)C(C)(OCCC)[PH](=O)CCCCC[PH](=O)C(C)(C)COC(C)CO. The Kier molecular flexibility index (Phi) is 17.7. The lowest BCUT2D eigenvalue weighted by atomic mass is 10.1. The zero-order valence-electron chi connectivity index (χ0n) is 21.6. The molecule has 0 aliphatic rings. The van der Waals surface area contributed by atoms with E-state index in [1.165, 1.54) is 0 Å². The van der Waals surface area contributed by atoms with E-state index in [0.29, 0.717) is 38.6 Å². The number of hydrogen-bond acceptors (Lipinski definition) is 8. The highest BCUT2D eigenvalue weighted by Gasteiger charge is 2.44. The lowest BCUT2D eigenvalue weighted by Crippen LogP contribution is -2.49. The van der Waals surface area contributed by atoms with Crippen LogP contribution in [0.3, 0.4) is 0 Å². The van der Waals surface area contributed by atoms with E-state index in [1.807, 2.05) is 27.7 Å². The standard InChI is InChI=1S/C23H50O8P2/c1-7-12-29-20(17-25)21(26)23(6,31-13-8-2)33(28)15-11-9-10-14-32(27)22(4,5)18-30-19(3)16-24/h19-21,24-26,32-33H,7-18H2,1-6H3. The van der Waals surface area contributed by atoms with Crippen LogP contribution in [-0.2, 0) is 23.3 Å². The molecule has 0 spiro atoms. The molecule has 0 aliphatic heterocycles. The van der Waals surface area contributed by atoms with Crippen LogP contribution in [0.15, 0.2) is 0 Å². The van der Waals surface area contributed by atoms with E-state index in [9.17, 15) is 19.3 Å². The molecule has 6 unspecified atom stereocenters. The Balaban J connectivity index is 4.74. The van der Waals surface area contributed by atoms with Crippen molar-refractivity contribution in [3.8, 4) is 0 Å². The van der Waals surface area contributed by atoms with Crippen molar-refractivity contribution in [2.24, 2.45) is 0 Å². The van der Waals surface area contributed by atoms with Gasteiger partial charge in [0.2, 0.25) is 0 Å². The lowest BCUT2D eigenvalue weighted by Gasteiger charge is -2.37. The van der Waals surface area contributed by atoms with Crippen molar-refractivity contribution in [1.29, 1.82) is 0 Å². The summed E-state index contributed by atoms with van der Waals surface area (Å²) in [7, 11) is -4.23. The molecule has 8 nitrogen and oxygen atoms in total. The van der Waals surface area contributed by atoms with E-state index in [-0.39, 0.29) is 19.3 Å². The van der Waals surface area contributed by atoms with Crippen LogP contribution in [0.5, 0.6) is 0 Å². The van der Waals surface area contributed by atoms with Gasteiger partial charge < -0.3 is 38.7 Å². The minimum Gasteiger partial charge on any atom is -0.394 e. The van der Waals surface area contributed by atoms with Gasteiger partial charge >= 0.3 is 0 Å². The smallest absolute Gasteiger partial charge is 0.144 e. The van der Waals surface area contributed by atoms with Crippen molar-refractivity contribution in [1.82, 2.24) is 0 Å². The van der Waals surface area contributed by atoms with Gasteiger partial charge in [0, 0.05) is 24.5 Å². The molecule has 3 N–H and O–H groups in total. The van der Waals surface area contributed by atoms with Crippen LogP contribution in [0.1, 0.15) is 73.6 Å². The molecule has 200 valence electrons. The summed E-state index contributed by atoms with van der Waals surface area (Å²) in [5.41, 5.74) is 0. The summed E-state index contributed by atoms with van der Waals surface area (Å²) >= 11 is 0.